The highest BCUT2D eigenvalue weighted by atomic mass is 35.5. The van der Waals surface area contributed by atoms with E-state index in [4.69, 9.17) is 9.47 Å². The van der Waals surface area contributed by atoms with E-state index in [9.17, 15) is 4.79 Å². The maximum absolute atomic E-state index is 11.8. The quantitative estimate of drug-likeness (QED) is 0.754. The second-order valence-electron chi connectivity index (χ2n) is 5.74. The zero-order valence-electron chi connectivity index (χ0n) is 12.7. The first kappa shape index (κ1) is 20.9. The Bertz CT molecular complexity index is 313. The van der Waals surface area contributed by atoms with E-state index < -0.39 is 0 Å². The zero-order chi connectivity index (χ0) is 13.7. The van der Waals surface area contributed by atoms with Crippen molar-refractivity contribution < 1.29 is 14.3 Å². The molecule has 2 aliphatic rings. The normalized spacial score (nSPS) is 25.3. The van der Waals surface area contributed by atoms with Crippen molar-refractivity contribution in [3.05, 3.63) is 0 Å². The van der Waals surface area contributed by atoms with Crippen LogP contribution in [0, 0.1) is 0 Å². The Kier molecular flexibility index (Phi) is 9.76. The van der Waals surface area contributed by atoms with Crippen LogP contribution in [0.25, 0.3) is 0 Å². The molecular weight excluding hydrogens is 317 g/mol. The molecule has 2 fully saturated rings. The fourth-order valence-electron chi connectivity index (χ4n) is 2.49. The summed E-state index contributed by atoms with van der Waals surface area (Å²) in [6.45, 7) is 10.4. The average Bonchev–Trinajstić information content (AvgIpc) is 2.38. The van der Waals surface area contributed by atoms with Crippen LogP contribution in [0.3, 0.4) is 0 Å². The van der Waals surface area contributed by atoms with Crippen LogP contribution in [0.2, 0.25) is 0 Å². The van der Waals surface area contributed by atoms with Crippen LogP contribution in [-0.4, -0.2) is 75.0 Å². The standard InChI is InChI=1S/C13H25N3O3.2ClH/c1-13(2)10-16(6-8-19-13)5-3-15-12(17)11-9-14-4-7-18-11;;/h11,14H,3-10H2,1-2H3,(H,15,17);2*1H. The van der Waals surface area contributed by atoms with E-state index in [2.05, 4.69) is 29.4 Å². The monoisotopic (exact) mass is 343 g/mol. The summed E-state index contributed by atoms with van der Waals surface area (Å²) in [5.74, 6) is -0.0141. The number of ether oxygens (including phenoxy) is 2. The number of carbonyl (C=O) groups is 1. The number of nitrogens with one attached hydrogen (secondary N) is 2. The number of hydrogen-bond donors (Lipinski definition) is 2. The molecule has 1 unspecified atom stereocenters. The van der Waals surface area contributed by atoms with E-state index in [0.29, 0.717) is 19.7 Å². The predicted molar refractivity (Wildman–Crippen MR) is 86.6 cm³/mol. The average molecular weight is 344 g/mol. The minimum atomic E-state index is -0.338. The number of nitrogens with zero attached hydrogens (tertiary/aromatic N) is 1. The van der Waals surface area contributed by atoms with E-state index in [1.54, 1.807) is 0 Å². The van der Waals surface area contributed by atoms with Gasteiger partial charge >= 0.3 is 0 Å². The van der Waals surface area contributed by atoms with Crippen molar-refractivity contribution in [2.24, 2.45) is 0 Å². The van der Waals surface area contributed by atoms with Gasteiger partial charge in [0.2, 0.25) is 0 Å². The molecule has 2 rings (SSSR count). The van der Waals surface area contributed by atoms with Gasteiger partial charge in [-0.05, 0) is 13.8 Å². The summed E-state index contributed by atoms with van der Waals surface area (Å²) in [4.78, 5) is 14.2. The molecular formula is C13H27Cl2N3O3. The van der Waals surface area contributed by atoms with Crippen molar-refractivity contribution in [3.8, 4) is 0 Å². The fraction of sp³-hybridized carbons (Fsp3) is 0.923. The van der Waals surface area contributed by atoms with E-state index in [1.165, 1.54) is 0 Å². The summed E-state index contributed by atoms with van der Waals surface area (Å²) in [6.07, 6.45) is -0.338. The lowest BCUT2D eigenvalue weighted by Gasteiger charge is -2.38. The van der Waals surface area contributed by atoms with Crippen molar-refractivity contribution in [2.45, 2.75) is 25.6 Å². The SMILES string of the molecule is CC1(C)CN(CCNC(=O)C2CNCCO2)CCO1.Cl.Cl. The molecule has 2 aliphatic heterocycles. The number of hydrogen-bond acceptors (Lipinski definition) is 5. The van der Waals surface area contributed by atoms with Gasteiger partial charge in [0.25, 0.3) is 5.91 Å². The summed E-state index contributed by atoms with van der Waals surface area (Å²) in [7, 11) is 0. The van der Waals surface area contributed by atoms with Crippen molar-refractivity contribution in [2.75, 3.05) is 52.5 Å². The van der Waals surface area contributed by atoms with Crippen LogP contribution in [0.1, 0.15) is 13.8 Å². The molecule has 2 saturated heterocycles. The summed E-state index contributed by atoms with van der Waals surface area (Å²) >= 11 is 0. The summed E-state index contributed by atoms with van der Waals surface area (Å²) in [5, 5.41) is 6.09. The number of halogens is 2. The Morgan fingerprint density at radius 2 is 2.14 bits per heavy atom. The van der Waals surface area contributed by atoms with Crippen LogP contribution in [0.5, 0.6) is 0 Å². The topological polar surface area (TPSA) is 62.8 Å². The highest BCUT2D eigenvalue weighted by Gasteiger charge is 2.27. The maximum atomic E-state index is 11.8. The van der Waals surface area contributed by atoms with Crippen LogP contribution in [0.15, 0.2) is 0 Å². The minimum absolute atomic E-state index is 0. The van der Waals surface area contributed by atoms with Crippen molar-refractivity contribution in [1.29, 1.82) is 0 Å². The van der Waals surface area contributed by atoms with Gasteiger partial charge in [0.15, 0.2) is 0 Å². The minimum Gasteiger partial charge on any atom is -0.373 e. The summed E-state index contributed by atoms with van der Waals surface area (Å²) < 4.78 is 11.1. The van der Waals surface area contributed by atoms with Gasteiger partial charge in [0.1, 0.15) is 6.10 Å². The molecule has 0 aromatic rings. The number of morpholine rings is 2. The predicted octanol–water partition coefficient (Wildman–Crippen LogP) is 0.0454. The van der Waals surface area contributed by atoms with Gasteiger partial charge in [-0.15, -0.1) is 24.8 Å². The van der Waals surface area contributed by atoms with Crippen molar-refractivity contribution in [1.82, 2.24) is 15.5 Å². The van der Waals surface area contributed by atoms with Gasteiger partial charge < -0.3 is 20.1 Å². The lowest BCUT2D eigenvalue weighted by atomic mass is 10.1. The number of rotatable bonds is 4. The molecule has 0 aromatic carbocycles. The smallest absolute Gasteiger partial charge is 0.250 e. The Balaban J connectivity index is 0.00000200. The van der Waals surface area contributed by atoms with E-state index in [1.807, 2.05) is 0 Å². The van der Waals surface area contributed by atoms with Crippen molar-refractivity contribution >= 4 is 30.7 Å². The van der Waals surface area contributed by atoms with E-state index in [0.717, 1.165) is 32.8 Å². The third kappa shape index (κ3) is 7.13. The molecule has 126 valence electrons. The van der Waals surface area contributed by atoms with E-state index >= 15 is 0 Å². The maximum Gasteiger partial charge on any atom is 0.250 e. The van der Waals surface area contributed by atoms with Gasteiger partial charge in [-0.2, -0.15) is 0 Å². The van der Waals surface area contributed by atoms with Crippen LogP contribution in [-0.2, 0) is 14.3 Å². The highest BCUT2D eigenvalue weighted by Crippen LogP contribution is 2.15. The molecule has 21 heavy (non-hydrogen) atoms. The number of amides is 1. The Morgan fingerprint density at radius 1 is 1.38 bits per heavy atom. The van der Waals surface area contributed by atoms with Gasteiger partial charge in [0.05, 0.1) is 18.8 Å². The molecule has 0 aromatic heterocycles. The molecule has 1 amide bonds. The molecule has 2 N–H and O–H groups in total. The fourth-order valence-corrected chi connectivity index (χ4v) is 2.49. The molecule has 1 atom stereocenters. The lowest BCUT2D eigenvalue weighted by Crippen LogP contribution is -2.52. The molecule has 0 spiro atoms. The van der Waals surface area contributed by atoms with Gasteiger partial charge in [-0.3, -0.25) is 9.69 Å². The third-order valence-corrected chi connectivity index (χ3v) is 3.45. The molecule has 0 radical (unpaired) electrons. The highest BCUT2D eigenvalue weighted by molar-refractivity contribution is 5.85. The summed E-state index contributed by atoms with van der Waals surface area (Å²) in [5.41, 5.74) is -0.0847. The molecule has 0 bridgehead atoms. The molecule has 8 heteroatoms. The van der Waals surface area contributed by atoms with Crippen molar-refractivity contribution in [3.63, 3.8) is 0 Å². The first-order chi connectivity index (χ1) is 9.07. The Labute approximate surface area is 139 Å². The summed E-state index contributed by atoms with van der Waals surface area (Å²) in [6, 6.07) is 0. The van der Waals surface area contributed by atoms with Crippen LogP contribution in [0.4, 0.5) is 0 Å². The Morgan fingerprint density at radius 3 is 2.76 bits per heavy atom. The van der Waals surface area contributed by atoms with E-state index in [-0.39, 0.29) is 42.4 Å². The second kappa shape index (κ2) is 9.82. The van der Waals surface area contributed by atoms with Crippen LogP contribution < -0.4 is 10.6 Å². The Hall–Kier alpha value is -0.110. The molecule has 6 nitrogen and oxygen atoms in total. The first-order valence-electron chi connectivity index (χ1n) is 7.03. The third-order valence-electron chi connectivity index (χ3n) is 3.45. The number of carbonyl (C=O) groups excluding carboxylic acids is 1. The zero-order valence-corrected chi connectivity index (χ0v) is 14.4. The second-order valence-corrected chi connectivity index (χ2v) is 5.74. The first-order valence-corrected chi connectivity index (χ1v) is 7.03. The molecule has 2 heterocycles. The van der Waals surface area contributed by atoms with Crippen LogP contribution >= 0.6 is 24.8 Å². The van der Waals surface area contributed by atoms with Gasteiger partial charge in [-0.1, -0.05) is 0 Å². The molecule has 0 aliphatic carbocycles. The largest absolute Gasteiger partial charge is 0.373 e. The molecule has 0 saturated carbocycles. The van der Waals surface area contributed by atoms with Gasteiger partial charge in [0, 0.05) is 39.3 Å². The lowest BCUT2D eigenvalue weighted by molar-refractivity contribution is -0.134. The van der Waals surface area contributed by atoms with Gasteiger partial charge in [-0.25, -0.2) is 0 Å².